The third kappa shape index (κ3) is 5.52. The molecule has 38 heavy (non-hydrogen) atoms. The maximum Gasteiger partial charge on any atom is 0.257 e. The van der Waals surface area contributed by atoms with E-state index in [9.17, 15) is 9.59 Å². The lowest BCUT2D eigenvalue weighted by atomic mass is 10.1. The Balaban J connectivity index is 1.39. The highest BCUT2D eigenvalue weighted by atomic mass is 16.2. The topological polar surface area (TPSA) is 94.3 Å². The van der Waals surface area contributed by atoms with Gasteiger partial charge < -0.3 is 14.4 Å². The van der Waals surface area contributed by atoms with Gasteiger partial charge in [0.2, 0.25) is 11.9 Å². The number of hydrogen-bond donors (Lipinski definition) is 1. The molecule has 0 saturated carbocycles. The smallest absolute Gasteiger partial charge is 0.257 e. The first-order valence-electron chi connectivity index (χ1n) is 12.9. The molecule has 0 aliphatic carbocycles. The summed E-state index contributed by atoms with van der Waals surface area (Å²) in [6.45, 7) is 2.83. The lowest BCUT2D eigenvalue weighted by Gasteiger charge is -2.19. The van der Waals surface area contributed by atoms with Gasteiger partial charge in [0.1, 0.15) is 0 Å². The quantitative estimate of drug-likeness (QED) is 0.352. The molecule has 5 rings (SSSR count). The van der Waals surface area contributed by atoms with E-state index < -0.39 is 0 Å². The second kappa shape index (κ2) is 11.2. The number of para-hydroxylation sites is 1. The van der Waals surface area contributed by atoms with Crippen molar-refractivity contribution in [3.8, 4) is 6.07 Å². The van der Waals surface area contributed by atoms with Crippen LogP contribution in [0.2, 0.25) is 0 Å². The second-order valence-electron chi connectivity index (χ2n) is 9.58. The molecule has 8 heteroatoms. The third-order valence-electron chi connectivity index (χ3n) is 6.91. The van der Waals surface area contributed by atoms with Gasteiger partial charge in [-0.2, -0.15) is 5.26 Å². The summed E-state index contributed by atoms with van der Waals surface area (Å²) in [5.74, 6) is 0.391. The molecule has 1 aliphatic heterocycles. The lowest BCUT2D eigenvalue weighted by Crippen LogP contribution is -2.26. The molecule has 1 aliphatic rings. The van der Waals surface area contributed by atoms with Crippen molar-refractivity contribution in [2.24, 2.45) is 0 Å². The van der Waals surface area contributed by atoms with Crippen LogP contribution < -0.4 is 10.2 Å². The van der Waals surface area contributed by atoms with Gasteiger partial charge in [0.15, 0.2) is 0 Å². The number of hydrogen-bond acceptors (Lipinski definition) is 5. The van der Waals surface area contributed by atoms with Gasteiger partial charge in [0.05, 0.1) is 22.7 Å². The van der Waals surface area contributed by atoms with E-state index in [1.807, 2.05) is 27.7 Å². The number of amides is 2. The van der Waals surface area contributed by atoms with Crippen molar-refractivity contribution in [1.29, 1.82) is 5.26 Å². The van der Waals surface area contributed by atoms with E-state index in [0.717, 1.165) is 48.2 Å². The number of imidazole rings is 1. The minimum atomic E-state index is -0.287. The summed E-state index contributed by atoms with van der Waals surface area (Å²) in [6, 6.07) is 25.0. The Morgan fingerprint density at radius 1 is 1.08 bits per heavy atom. The zero-order chi connectivity index (χ0) is 26.5. The lowest BCUT2D eigenvalue weighted by molar-refractivity contribution is -0.127. The Hall–Kier alpha value is -4.64. The first-order chi connectivity index (χ1) is 18.5. The molecule has 4 aromatic rings. The van der Waals surface area contributed by atoms with Gasteiger partial charge >= 0.3 is 0 Å². The van der Waals surface area contributed by atoms with Gasteiger partial charge in [-0.15, -0.1) is 0 Å². The average molecular weight is 507 g/mol. The number of nitrogens with zero attached hydrogens (tertiary/aromatic N) is 5. The monoisotopic (exact) mass is 506 g/mol. The normalized spacial score (nSPS) is 13.1. The van der Waals surface area contributed by atoms with Crippen LogP contribution in [0.25, 0.3) is 11.0 Å². The average Bonchev–Trinajstić information content (AvgIpc) is 3.51. The van der Waals surface area contributed by atoms with E-state index in [1.54, 1.807) is 24.3 Å². The highest BCUT2D eigenvalue weighted by molar-refractivity contribution is 6.04. The summed E-state index contributed by atoms with van der Waals surface area (Å²) >= 11 is 0. The molecule has 3 aromatic carbocycles. The number of fused-ring (bicyclic) bond motifs is 1. The maximum atomic E-state index is 13.0. The highest BCUT2D eigenvalue weighted by Crippen LogP contribution is 2.24. The van der Waals surface area contributed by atoms with Crippen LogP contribution >= 0.6 is 0 Å². The molecule has 2 amide bonds. The van der Waals surface area contributed by atoms with Gasteiger partial charge in [-0.05, 0) is 66.9 Å². The molecule has 1 saturated heterocycles. The van der Waals surface area contributed by atoms with Crippen LogP contribution in [0.3, 0.4) is 0 Å². The van der Waals surface area contributed by atoms with Crippen molar-refractivity contribution < 1.29 is 9.59 Å². The van der Waals surface area contributed by atoms with Gasteiger partial charge in [-0.25, -0.2) is 4.98 Å². The third-order valence-corrected chi connectivity index (χ3v) is 6.91. The van der Waals surface area contributed by atoms with E-state index in [2.05, 4.69) is 53.7 Å². The number of anilines is 2. The first kappa shape index (κ1) is 25.0. The molecule has 0 atom stereocenters. The van der Waals surface area contributed by atoms with E-state index in [4.69, 9.17) is 10.2 Å². The standard InChI is InChI=1S/C30H30N6O2/c1-34(25-7-3-2-4-8-25)21-23-12-15-27-26(19-23)32-30(33-29(38)24-13-10-22(20-31)11-14-24)36(27)18-6-17-35-16-5-9-28(35)37/h2-4,7-8,10-15,19H,5-6,9,16-18,21H2,1H3,(H,32,33,38). The summed E-state index contributed by atoms with van der Waals surface area (Å²) in [7, 11) is 2.06. The number of benzene rings is 3. The number of likely N-dealkylation sites (tertiary alicyclic amines) is 1. The maximum absolute atomic E-state index is 13.0. The summed E-state index contributed by atoms with van der Waals surface area (Å²) in [5.41, 5.74) is 4.93. The summed E-state index contributed by atoms with van der Waals surface area (Å²) < 4.78 is 2.02. The van der Waals surface area contributed by atoms with E-state index in [1.165, 1.54) is 0 Å². The van der Waals surface area contributed by atoms with Crippen LogP contribution in [0.4, 0.5) is 11.6 Å². The van der Waals surface area contributed by atoms with E-state index in [0.29, 0.717) is 36.6 Å². The summed E-state index contributed by atoms with van der Waals surface area (Å²) in [4.78, 5) is 34.0. The number of carbonyl (C=O) groups is 2. The van der Waals surface area contributed by atoms with Crippen molar-refractivity contribution in [1.82, 2.24) is 14.5 Å². The molecule has 1 aromatic heterocycles. The molecule has 192 valence electrons. The first-order valence-corrected chi connectivity index (χ1v) is 12.9. The predicted octanol–water partition coefficient (Wildman–Crippen LogP) is 4.81. The van der Waals surface area contributed by atoms with Gasteiger partial charge in [0, 0.05) is 50.9 Å². The Morgan fingerprint density at radius 2 is 1.87 bits per heavy atom. The van der Waals surface area contributed by atoms with Crippen molar-refractivity contribution in [3.05, 3.63) is 89.5 Å². The van der Waals surface area contributed by atoms with Gasteiger partial charge in [-0.3, -0.25) is 14.9 Å². The molecular formula is C30H30N6O2. The van der Waals surface area contributed by atoms with Crippen LogP contribution in [0.5, 0.6) is 0 Å². The Bertz CT molecular complexity index is 1490. The number of nitrogens with one attached hydrogen (secondary N) is 1. The molecule has 8 nitrogen and oxygen atoms in total. The van der Waals surface area contributed by atoms with Crippen molar-refractivity contribution >= 4 is 34.5 Å². The van der Waals surface area contributed by atoms with Gasteiger partial charge in [-0.1, -0.05) is 24.3 Å². The molecule has 0 radical (unpaired) electrons. The van der Waals surface area contributed by atoms with Crippen LogP contribution in [-0.2, 0) is 17.9 Å². The highest BCUT2D eigenvalue weighted by Gasteiger charge is 2.20. The fourth-order valence-corrected chi connectivity index (χ4v) is 4.87. The fourth-order valence-electron chi connectivity index (χ4n) is 4.87. The molecule has 0 bridgehead atoms. The minimum absolute atomic E-state index is 0.210. The molecule has 1 N–H and O–H groups in total. The van der Waals surface area contributed by atoms with Gasteiger partial charge in [0.25, 0.3) is 5.91 Å². The SMILES string of the molecule is CN(Cc1ccc2c(c1)nc(NC(=O)c1ccc(C#N)cc1)n2CCCN1CCCC1=O)c1ccccc1. The minimum Gasteiger partial charge on any atom is -0.370 e. The number of aryl methyl sites for hydroxylation is 1. The number of aromatic nitrogens is 2. The largest absolute Gasteiger partial charge is 0.370 e. The second-order valence-corrected chi connectivity index (χ2v) is 9.58. The van der Waals surface area contributed by atoms with E-state index >= 15 is 0 Å². The Kier molecular flexibility index (Phi) is 7.36. The fraction of sp³-hybridized carbons (Fsp3) is 0.267. The Morgan fingerprint density at radius 3 is 2.58 bits per heavy atom. The van der Waals surface area contributed by atoms with Crippen LogP contribution in [0, 0.1) is 11.3 Å². The van der Waals surface area contributed by atoms with Crippen molar-refractivity contribution in [2.45, 2.75) is 32.4 Å². The Labute approximate surface area is 222 Å². The molecular weight excluding hydrogens is 476 g/mol. The predicted molar refractivity (Wildman–Crippen MR) is 148 cm³/mol. The molecule has 2 heterocycles. The number of carbonyl (C=O) groups excluding carboxylic acids is 2. The van der Waals surface area contributed by atoms with Crippen LogP contribution in [0.1, 0.15) is 40.7 Å². The zero-order valence-corrected chi connectivity index (χ0v) is 21.4. The summed E-state index contributed by atoms with van der Waals surface area (Å²) in [6.07, 6.45) is 2.30. The van der Waals surface area contributed by atoms with E-state index in [-0.39, 0.29) is 11.8 Å². The summed E-state index contributed by atoms with van der Waals surface area (Å²) in [5, 5.41) is 12.0. The van der Waals surface area contributed by atoms with Crippen molar-refractivity contribution in [3.63, 3.8) is 0 Å². The number of nitriles is 1. The molecule has 1 fully saturated rings. The molecule has 0 spiro atoms. The van der Waals surface area contributed by atoms with Crippen molar-refractivity contribution in [2.75, 3.05) is 30.4 Å². The van der Waals surface area contributed by atoms with Crippen LogP contribution in [0.15, 0.2) is 72.8 Å². The zero-order valence-electron chi connectivity index (χ0n) is 21.4. The molecule has 0 unspecified atom stereocenters. The number of rotatable bonds is 9. The van der Waals surface area contributed by atoms with Crippen LogP contribution in [-0.4, -0.2) is 46.4 Å².